The van der Waals surface area contributed by atoms with E-state index in [2.05, 4.69) is 15.0 Å². The van der Waals surface area contributed by atoms with Gasteiger partial charge in [0.2, 0.25) is 10.0 Å². The Kier molecular flexibility index (Phi) is 5.47. The standard InChI is InChI=1S/C19H21FN4O4S/c1-11(2)28-17-10-16-14(9-15(17)23-29(4,26)27)22-18(24(16)19(25)21-3)12-5-7-13(20)8-6-12/h5-11,23H,1-4H3,(H,21,25). The van der Waals surface area contributed by atoms with Gasteiger partial charge in [-0.05, 0) is 44.2 Å². The molecule has 0 unspecified atom stereocenters. The van der Waals surface area contributed by atoms with Gasteiger partial charge in [-0.25, -0.2) is 27.2 Å². The van der Waals surface area contributed by atoms with Crippen LogP contribution in [0, 0.1) is 5.82 Å². The molecule has 1 aromatic heterocycles. The van der Waals surface area contributed by atoms with E-state index in [9.17, 15) is 17.6 Å². The first-order chi connectivity index (χ1) is 13.6. The highest BCUT2D eigenvalue weighted by Crippen LogP contribution is 2.34. The fourth-order valence-electron chi connectivity index (χ4n) is 2.85. The summed E-state index contributed by atoms with van der Waals surface area (Å²) in [6.07, 6.45) is 0.796. The van der Waals surface area contributed by atoms with Crippen molar-refractivity contribution in [1.29, 1.82) is 0 Å². The number of anilines is 1. The second kappa shape index (κ2) is 7.70. The fourth-order valence-corrected chi connectivity index (χ4v) is 3.40. The lowest BCUT2D eigenvalue weighted by Gasteiger charge is -2.15. The number of ether oxygens (including phenoxy) is 1. The van der Waals surface area contributed by atoms with Gasteiger partial charge in [-0.1, -0.05) is 0 Å². The zero-order valence-corrected chi connectivity index (χ0v) is 17.2. The van der Waals surface area contributed by atoms with Crippen LogP contribution in [0.3, 0.4) is 0 Å². The summed E-state index contributed by atoms with van der Waals surface area (Å²) >= 11 is 0. The number of sulfonamides is 1. The number of halogens is 1. The molecular weight excluding hydrogens is 399 g/mol. The van der Waals surface area contributed by atoms with Gasteiger partial charge in [0.15, 0.2) is 0 Å². The lowest BCUT2D eigenvalue weighted by atomic mass is 10.2. The van der Waals surface area contributed by atoms with Crippen LogP contribution in [-0.4, -0.2) is 43.4 Å². The smallest absolute Gasteiger partial charge is 0.327 e. The molecule has 0 aliphatic carbocycles. The van der Waals surface area contributed by atoms with Gasteiger partial charge in [0, 0.05) is 18.7 Å². The molecule has 1 heterocycles. The number of nitrogens with one attached hydrogen (secondary N) is 2. The second-order valence-electron chi connectivity index (χ2n) is 6.71. The predicted octanol–water partition coefficient (Wildman–Crippen LogP) is 3.19. The summed E-state index contributed by atoms with van der Waals surface area (Å²) in [5, 5.41) is 2.55. The summed E-state index contributed by atoms with van der Waals surface area (Å²) < 4.78 is 46.4. The molecule has 0 saturated heterocycles. The summed E-state index contributed by atoms with van der Waals surface area (Å²) in [4.78, 5) is 17.1. The van der Waals surface area contributed by atoms with Crippen LogP contribution in [0.25, 0.3) is 22.4 Å². The lowest BCUT2D eigenvalue weighted by Crippen LogP contribution is -2.25. The minimum Gasteiger partial charge on any atom is -0.489 e. The highest BCUT2D eigenvalue weighted by Gasteiger charge is 2.21. The maximum absolute atomic E-state index is 13.3. The highest BCUT2D eigenvalue weighted by atomic mass is 32.2. The van der Waals surface area contributed by atoms with Gasteiger partial charge in [-0.3, -0.25) is 4.72 Å². The number of carbonyl (C=O) groups excluding carboxylic acids is 1. The molecule has 3 rings (SSSR count). The lowest BCUT2D eigenvalue weighted by molar-refractivity contribution is 0.243. The quantitative estimate of drug-likeness (QED) is 0.660. The number of benzene rings is 2. The summed E-state index contributed by atoms with van der Waals surface area (Å²) in [6.45, 7) is 3.60. The van der Waals surface area contributed by atoms with Crippen LogP contribution in [0.1, 0.15) is 13.8 Å². The first-order valence-corrected chi connectivity index (χ1v) is 10.7. The molecule has 10 heteroatoms. The first kappa shape index (κ1) is 20.6. The number of nitrogens with zero attached hydrogens (tertiary/aromatic N) is 2. The zero-order valence-electron chi connectivity index (χ0n) is 16.4. The van der Waals surface area contributed by atoms with Gasteiger partial charge in [-0.2, -0.15) is 0 Å². The molecule has 154 valence electrons. The zero-order chi connectivity index (χ0) is 21.3. The first-order valence-electron chi connectivity index (χ1n) is 8.78. The third kappa shape index (κ3) is 4.48. The van der Waals surface area contributed by atoms with Gasteiger partial charge >= 0.3 is 6.03 Å². The van der Waals surface area contributed by atoms with Gasteiger partial charge in [0.25, 0.3) is 0 Å². The second-order valence-corrected chi connectivity index (χ2v) is 8.46. The third-order valence-electron chi connectivity index (χ3n) is 3.93. The third-order valence-corrected chi connectivity index (χ3v) is 4.52. The number of amides is 1. The van der Waals surface area contributed by atoms with E-state index in [0.29, 0.717) is 16.6 Å². The molecule has 0 atom stereocenters. The van der Waals surface area contributed by atoms with E-state index in [1.54, 1.807) is 19.9 Å². The molecule has 1 amide bonds. The van der Waals surface area contributed by atoms with Gasteiger partial charge in [-0.15, -0.1) is 0 Å². The molecule has 8 nitrogen and oxygen atoms in total. The summed E-state index contributed by atoms with van der Waals surface area (Å²) in [7, 11) is -2.09. The molecular formula is C19H21FN4O4S. The van der Waals surface area contributed by atoms with Crippen molar-refractivity contribution < 1.29 is 22.3 Å². The van der Waals surface area contributed by atoms with Crippen molar-refractivity contribution >= 4 is 32.8 Å². The van der Waals surface area contributed by atoms with Crippen molar-refractivity contribution in [1.82, 2.24) is 14.9 Å². The summed E-state index contributed by atoms with van der Waals surface area (Å²) in [5.41, 5.74) is 1.52. The minimum absolute atomic E-state index is 0.209. The van der Waals surface area contributed by atoms with Gasteiger partial charge in [0.05, 0.1) is 29.1 Å². The van der Waals surface area contributed by atoms with Crippen LogP contribution in [0.15, 0.2) is 36.4 Å². The molecule has 0 bridgehead atoms. The largest absolute Gasteiger partial charge is 0.489 e. The Balaban J connectivity index is 2.30. The molecule has 0 aliphatic heterocycles. The molecule has 3 aromatic rings. The number of hydrogen-bond donors (Lipinski definition) is 2. The Morgan fingerprint density at radius 3 is 2.41 bits per heavy atom. The minimum atomic E-state index is -3.57. The molecule has 2 aromatic carbocycles. The van der Waals surface area contributed by atoms with E-state index in [4.69, 9.17) is 4.74 Å². The maximum atomic E-state index is 13.3. The molecule has 0 spiro atoms. The molecule has 2 N–H and O–H groups in total. The van der Waals surface area contributed by atoms with Crippen molar-refractivity contribution in [2.24, 2.45) is 0 Å². The summed E-state index contributed by atoms with van der Waals surface area (Å²) in [5.74, 6) is 0.128. The number of imidazole rings is 1. The van der Waals surface area contributed by atoms with Crippen LogP contribution < -0.4 is 14.8 Å². The van der Waals surface area contributed by atoms with Gasteiger partial charge < -0.3 is 10.1 Å². The van der Waals surface area contributed by atoms with Crippen molar-refractivity contribution in [3.8, 4) is 17.1 Å². The van der Waals surface area contributed by atoms with E-state index < -0.39 is 21.9 Å². The van der Waals surface area contributed by atoms with E-state index in [1.165, 1.54) is 41.9 Å². The van der Waals surface area contributed by atoms with Crippen LogP contribution in [-0.2, 0) is 10.0 Å². The molecule has 0 fully saturated rings. The normalized spacial score (nSPS) is 11.7. The molecule has 0 aliphatic rings. The maximum Gasteiger partial charge on any atom is 0.327 e. The van der Waals surface area contributed by atoms with E-state index >= 15 is 0 Å². The summed E-state index contributed by atoms with van der Waals surface area (Å²) in [6, 6.07) is 8.17. The van der Waals surface area contributed by atoms with Crippen LogP contribution in [0.5, 0.6) is 5.75 Å². The van der Waals surface area contributed by atoms with Crippen LogP contribution >= 0.6 is 0 Å². The Morgan fingerprint density at radius 1 is 1.21 bits per heavy atom. The monoisotopic (exact) mass is 420 g/mol. The SMILES string of the molecule is CNC(=O)n1c(-c2ccc(F)cc2)nc2cc(NS(C)(=O)=O)c(OC(C)C)cc21. The number of rotatable bonds is 5. The van der Waals surface area contributed by atoms with Crippen molar-refractivity contribution in [3.63, 3.8) is 0 Å². The van der Waals surface area contributed by atoms with E-state index in [-0.39, 0.29) is 23.4 Å². The Hall–Kier alpha value is -3.14. The number of carbonyl (C=O) groups is 1. The van der Waals surface area contributed by atoms with E-state index in [0.717, 1.165) is 6.26 Å². The van der Waals surface area contributed by atoms with Crippen molar-refractivity contribution in [2.75, 3.05) is 18.0 Å². The van der Waals surface area contributed by atoms with Crippen LogP contribution in [0.2, 0.25) is 0 Å². The number of fused-ring (bicyclic) bond motifs is 1. The fraction of sp³-hybridized carbons (Fsp3) is 0.263. The Bertz CT molecular complexity index is 1170. The highest BCUT2D eigenvalue weighted by molar-refractivity contribution is 7.92. The van der Waals surface area contributed by atoms with Crippen molar-refractivity contribution in [2.45, 2.75) is 20.0 Å². The van der Waals surface area contributed by atoms with Crippen molar-refractivity contribution in [3.05, 3.63) is 42.2 Å². The average molecular weight is 420 g/mol. The molecule has 29 heavy (non-hydrogen) atoms. The molecule has 0 radical (unpaired) electrons. The predicted molar refractivity (Wildman–Crippen MR) is 109 cm³/mol. The Labute approximate surface area is 167 Å². The van der Waals surface area contributed by atoms with E-state index in [1.807, 2.05) is 0 Å². The average Bonchev–Trinajstić information content (AvgIpc) is 2.98. The topological polar surface area (TPSA) is 102 Å². The number of hydrogen-bond acceptors (Lipinski definition) is 5. The Morgan fingerprint density at radius 2 is 1.86 bits per heavy atom. The van der Waals surface area contributed by atoms with Gasteiger partial charge in [0.1, 0.15) is 17.4 Å². The molecule has 0 saturated carbocycles. The van der Waals surface area contributed by atoms with Crippen LogP contribution in [0.4, 0.5) is 14.9 Å². The number of aromatic nitrogens is 2.